The highest BCUT2D eigenvalue weighted by atomic mass is 16.5. The zero-order valence-corrected chi connectivity index (χ0v) is 16.5. The zero-order valence-electron chi connectivity index (χ0n) is 16.5. The first-order valence-electron chi connectivity index (χ1n) is 10.1. The van der Waals surface area contributed by atoms with Gasteiger partial charge in [-0.05, 0) is 41.0 Å². The van der Waals surface area contributed by atoms with Crippen molar-refractivity contribution in [2.24, 2.45) is 0 Å². The highest BCUT2D eigenvalue weighted by molar-refractivity contribution is 5.86. The van der Waals surface area contributed by atoms with Gasteiger partial charge < -0.3 is 20.3 Å². The minimum Gasteiger partial charge on any atom is -0.627 e. The van der Waals surface area contributed by atoms with Gasteiger partial charge in [0, 0.05) is 12.5 Å². The number of hydrogen-bond donors (Lipinski definition) is 2. The molecule has 0 aromatic heterocycles. The minimum absolute atomic E-state index is 0.0220. The van der Waals surface area contributed by atoms with Crippen molar-refractivity contribution in [1.29, 1.82) is 0 Å². The van der Waals surface area contributed by atoms with Crippen molar-refractivity contribution in [3.05, 3.63) is 83.1 Å². The Hall–Kier alpha value is -2.73. The van der Waals surface area contributed by atoms with E-state index in [1.54, 1.807) is 24.3 Å². The van der Waals surface area contributed by atoms with E-state index in [0.29, 0.717) is 24.3 Å². The molecule has 1 saturated heterocycles. The topological polar surface area (TPSA) is 72.4 Å². The second-order valence-corrected chi connectivity index (χ2v) is 7.97. The highest BCUT2D eigenvalue weighted by Crippen LogP contribution is 2.31. The summed E-state index contributed by atoms with van der Waals surface area (Å²) in [7, 11) is 0. The molecule has 3 atom stereocenters. The lowest BCUT2D eigenvalue weighted by atomic mass is 9.99. The fraction of sp³-hybridized carbons (Fsp3) is 0.292. The maximum absolute atomic E-state index is 13.4. The first kappa shape index (κ1) is 19.6. The number of quaternary nitrogens is 1. The summed E-state index contributed by atoms with van der Waals surface area (Å²) in [4.78, 5) is 10.8. The summed E-state index contributed by atoms with van der Waals surface area (Å²) in [6.45, 7) is 3.16. The Morgan fingerprint density at radius 3 is 2.62 bits per heavy atom. The molecule has 0 radical (unpaired) electrons. The van der Waals surface area contributed by atoms with Crippen LogP contribution in [0.25, 0.3) is 10.8 Å². The molecule has 0 spiro atoms. The van der Waals surface area contributed by atoms with Gasteiger partial charge in [0.05, 0.1) is 25.6 Å². The number of benzene rings is 3. The molecule has 29 heavy (non-hydrogen) atoms. The smallest absolute Gasteiger partial charge is 0.307 e. The summed E-state index contributed by atoms with van der Waals surface area (Å²) in [5.41, 5.74) is 2.66. The van der Waals surface area contributed by atoms with E-state index in [4.69, 9.17) is 5.11 Å². The fourth-order valence-corrected chi connectivity index (χ4v) is 4.40. The standard InChI is InChI=1S/C24H26N2O3/c1-17(22-8-4-6-19-5-2-3-7-23(19)22)25-20-13-14-26(29,16-20)21-11-9-18(10-12-21)15-24(27)28/h2-12,17,20,25H,13-16H2,1H3,(H,27,28)/t17-,20+,26?/m1/s1. The lowest BCUT2D eigenvalue weighted by molar-refractivity contribution is -0.136. The van der Waals surface area contributed by atoms with Crippen LogP contribution >= 0.6 is 0 Å². The van der Waals surface area contributed by atoms with Crippen LogP contribution in [0.2, 0.25) is 0 Å². The quantitative estimate of drug-likeness (QED) is 0.483. The van der Waals surface area contributed by atoms with Crippen molar-refractivity contribution in [3.63, 3.8) is 0 Å². The normalized spacial score (nSPS) is 22.6. The lowest BCUT2D eigenvalue weighted by Crippen LogP contribution is -2.44. The fourth-order valence-electron chi connectivity index (χ4n) is 4.40. The molecule has 1 fully saturated rings. The van der Waals surface area contributed by atoms with E-state index in [1.165, 1.54) is 16.3 Å². The van der Waals surface area contributed by atoms with Crippen molar-refractivity contribution in [2.45, 2.75) is 31.8 Å². The van der Waals surface area contributed by atoms with Gasteiger partial charge in [0.25, 0.3) is 0 Å². The number of nitrogens with zero attached hydrogens (tertiary/aromatic N) is 1. The van der Waals surface area contributed by atoms with Gasteiger partial charge in [0.15, 0.2) is 0 Å². The Labute approximate surface area is 170 Å². The predicted molar refractivity (Wildman–Crippen MR) is 117 cm³/mol. The van der Waals surface area contributed by atoms with Crippen molar-refractivity contribution in [2.75, 3.05) is 13.1 Å². The molecule has 0 saturated carbocycles. The van der Waals surface area contributed by atoms with Gasteiger partial charge in [-0.2, -0.15) is 0 Å². The van der Waals surface area contributed by atoms with Gasteiger partial charge in [-0.15, -0.1) is 0 Å². The second-order valence-electron chi connectivity index (χ2n) is 7.97. The maximum Gasteiger partial charge on any atom is 0.307 e. The summed E-state index contributed by atoms with van der Waals surface area (Å²) < 4.78 is -0.368. The Morgan fingerprint density at radius 1 is 1.14 bits per heavy atom. The Balaban J connectivity index is 1.46. The van der Waals surface area contributed by atoms with Crippen molar-refractivity contribution < 1.29 is 9.90 Å². The molecule has 0 bridgehead atoms. The van der Waals surface area contributed by atoms with Crippen LogP contribution in [0.5, 0.6) is 0 Å². The predicted octanol–water partition coefficient (Wildman–Crippen LogP) is 4.40. The van der Waals surface area contributed by atoms with Crippen LogP contribution in [-0.4, -0.2) is 30.2 Å². The van der Waals surface area contributed by atoms with E-state index in [0.717, 1.165) is 6.42 Å². The van der Waals surface area contributed by atoms with Crippen LogP contribution in [-0.2, 0) is 11.2 Å². The summed E-state index contributed by atoms with van der Waals surface area (Å²) in [6.07, 6.45) is 0.793. The third-order valence-electron chi connectivity index (χ3n) is 5.89. The third-order valence-corrected chi connectivity index (χ3v) is 5.89. The van der Waals surface area contributed by atoms with Crippen LogP contribution in [0.4, 0.5) is 5.69 Å². The molecule has 1 aliphatic rings. The molecule has 1 heterocycles. The molecule has 4 rings (SSSR count). The molecule has 5 nitrogen and oxygen atoms in total. The Morgan fingerprint density at radius 2 is 1.86 bits per heavy atom. The van der Waals surface area contributed by atoms with Gasteiger partial charge in [-0.25, -0.2) is 0 Å². The second kappa shape index (κ2) is 7.95. The van der Waals surface area contributed by atoms with Crippen LogP contribution in [0.3, 0.4) is 0 Å². The number of hydrogen-bond acceptors (Lipinski definition) is 3. The number of nitrogens with one attached hydrogen (secondary N) is 1. The van der Waals surface area contributed by atoms with Gasteiger partial charge in [-0.3, -0.25) is 4.79 Å². The van der Waals surface area contributed by atoms with E-state index in [-0.39, 0.29) is 23.2 Å². The summed E-state index contributed by atoms with van der Waals surface area (Å²) >= 11 is 0. The number of carboxylic acid groups (broad SMARTS) is 1. The van der Waals surface area contributed by atoms with Crippen molar-refractivity contribution in [1.82, 2.24) is 9.96 Å². The molecule has 1 unspecified atom stereocenters. The van der Waals surface area contributed by atoms with Crippen molar-refractivity contribution in [3.8, 4) is 0 Å². The summed E-state index contributed by atoms with van der Waals surface area (Å²) in [5, 5.41) is 28.4. The number of carbonyl (C=O) groups is 1. The number of fused-ring (bicyclic) bond motifs is 1. The maximum atomic E-state index is 13.4. The summed E-state index contributed by atoms with van der Waals surface area (Å²) in [6, 6.07) is 22.1. The van der Waals surface area contributed by atoms with Gasteiger partial charge >= 0.3 is 5.97 Å². The molecular weight excluding hydrogens is 364 g/mol. The number of rotatable bonds is 6. The molecule has 1 aliphatic heterocycles. The largest absolute Gasteiger partial charge is 0.627 e. The average molecular weight is 390 g/mol. The number of aliphatic carboxylic acids is 1. The summed E-state index contributed by atoms with van der Waals surface area (Å²) in [5.74, 6) is -0.864. The molecule has 0 aliphatic carbocycles. The Kier molecular flexibility index (Phi) is 5.37. The number of carboxylic acids is 1. The number of hydroxylamine groups is 2. The molecule has 2 N–H and O–H groups in total. The third kappa shape index (κ3) is 4.17. The Bertz CT molecular complexity index is 1010. The van der Waals surface area contributed by atoms with Crippen LogP contribution in [0, 0.1) is 5.21 Å². The monoisotopic (exact) mass is 390 g/mol. The van der Waals surface area contributed by atoms with E-state index < -0.39 is 5.97 Å². The molecule has 5 heteroatoms. The van der Waals surface area contributed by atoms with Gasteiger partial charge in [0.2, 0.25) is 0 Å². The van der Waals surface area contributed by atoms with Crippen LogP contribution in [0.1, 0.15) is 30.5 Å². The van der Waals surface area contributed by atoms with Crippen molar-refractivity contribution >= 4 is 22.4 Å². The zero-order chi connectivity index (χ0) is 20.4. The molecule has 3 aromatic rings. The lowest BCUT2D eigenvalue weighted by Gasteiger charge is -2.38. The molecular formula is C24H26N2O3. The van der Waals surface area contributed by atoms with Gasteiger partial charge in [-0.1, -0.05) is 54.6 Å². The molecule has 150 valence electrons. The van der Waals surface area contributed by atoms with E-state index in [9.17, 15) is 10.0 Å². The van der Waals surface area contributed by atoms with Crippen LogP contribution < -0.4 is 9.96 Å². The molecule has 0 amide bonds. The van der Waals surface area contributed by atoms with Crippen LogP contribution in [0.15, 0.2) is 66.7 Å². The van der Waals surface area contributed by atoms with E-state index in [1.807, 2.05) is 6.07 Å². The average Bonchev–Trinajstić information content (AvgIpc) is 3.09. The van der Waals surface area contributed by atoms with E-state index >= 15 is 0 Å². The first-order valence-corrected chi connectivity index (χ1v) is 10.1. The SMILES string of the molecule is C[C@@H](N[C@H]1CC[N+]([O-])(c2ccc(CC(=O)O)cc2)C1)c1cccc2ccccc12. The first-order chi connectivity index (χ1) is 13.9. The van der Waals surface area contributed by atoms with E-state index in [2.05, 4.69) is 48.6 Å². The molecule has 3 aromatic carbocycles. The highest BCUT2D eigenvalue weighted by Gasteiger charge is 2.34. The van der Waals surface area contributed by atoms with Gasteiger partial charge in [0.1, 0.15) is 5.69 Å². The minimum atomic E-state index is -0.864.